The predicted molar refractivity (Wildman–Crippen MR) is 94.8 cm³/mol. The third-order valence-corrected chi connectivity index (χ3v) is 3.22. The van der Waals surface area contributed by atoms with Gasteiger partial charge in [0.2, 0.25) is 5.95 Å². The van der Waals surface area contributed by atoms with Gasteiger partial charge in [-0.25, -0.2) is 5.43 Å². The highest BCUT2D eigenvalue weighted by atomic mass is 16.1. The molecular formula is C17H16N6O. The molecule has 0 amide bonds. The van der Waals surface area contributed by atoms with Crippen molar-refractivity contribution in [2.24, 2.45) is 5.10 Å². The second kappa shape index (κ2) is 7.19. The lowest BCUT2D eigenvalue weighted by atomic mass is 10.2. The van der Waals surface area contributed by atoms with Gasteiger partial charge in [0.05, 0.1) is 6.21 Å². The number of para-hydroxylation sites is 1. The molecule has 7 heteroatoms. The summed E-state index contributed by atoms with van der Waals surface area (Å²) in [5, 5.41) is 14.8. The maximum Gasteiger partial charge on any atom is 0.274 e. The van der Waals surface area contributed by atoms with Gasteiger partial charge in [0, 0.05) is 11.4 Å². The first-order chi connectivity index (χ1) is 11.7. The monoisotopic (exact) mass is 320 g/mol. The molecule has 0 aliphatic carbocycles. The van der Waals surface area contributed by atoms with Crippen molar-refractivity contribution in [3.05, 3.63) is 76.2 Å². The highest BCUT2D eigenvalue weighted by Crippen LogP contribution is 2.16. The van der Waals surface area contributed by atoms with Gasteiger partial charge in [-0.15, -0.1) is 10.2 Å². The van der Waals surface area contributed by atoms with Crippen molar-refractivity contribution in [1.82, 2.24) is 15.2 Å². The van der Waals surface area contributed by atoms with Crippen LogP contribution >= 0.6 is 0 Å². The number of nitrogens with zero attached hydrogens (tertiary/aromatic N) is 3. The predicted octanol–water partition coefficient (Wildman–Crippen LogP) is 2.66. The maximum absolute atomic E-state index is 11.4. The number of anilines is 3. The van der Waals surface area contributed by atoms with Crippen LogP contribution in [0.3, 0.4) is 0 Å². The SMILES string of the molecule is Cc1nnc(N/N=C\c2ccc(Nc3ccccc3)cc2)[nH]c1=O. The van der Waals surface area contributed by atoms with Gasteiger partial charge >= 0.3 is 0 Å². The summed E-state index contributed by atoms with van der Waals surface area (Å²) in [5.41, 5.74) is 5.58. The molecule has 0 atom stereocenters. The third-order valence-electron chi connectivity index (χ3n) is 3.22. The Kier molecular flexibility index (Phi) is 4.62. The van der Waals surface area contributed by atoms with E-state index in [1.807, 2.05) is 54.6 Å². The molecule has 0 aliphatic heterocycles. The minimum absolute atomic E-state index is 0.198. The fraction of sp³-hybridized carbons (Fsp3) is 0.0588. The number of rotatable bonds is 5. The topological polar surface area (TPSA) is 95.1 Å². The summed E-state index contributed by atoms with van der Waals surface area (Å²) in [6, 6.07) is 17.7. The van der Waals surface area contributed by atoms with Crippen LogP contribution in [0, 0.1) is 6.92 Å². The number of aryl methyl sites for hydroxylation is 1. The van der Waals surface area contributed by atoms with Crippen molar-refractivity contribution >= 4 is 23.5 Å². The van der Waals surface area contributed by atoms with E-state index in [0.717, 1.165) is 16.9 Å². The van der Waals surface area contributed by atoms with Crippen LogP contribution in [0.15, 0.2) is 64.5 Å². The van der Waals surface area contributed by atoms with Crippen molar-refractivity contribution < 1.29 is 0 Å². The molecule has 0 saturated carbocycles. The van der Waals surface area contributed by atoms with Gasteiger partial charge in [-0.1, -0.05) is 30.3 Å². The molecule has 0 saturated heterocycles. The zero-order valence-corrected chi connectivity index (χ0v) is 13.0. The Bertz CT molecular complexity index is 887. The molecule has 7 nitrogen and oxygen atoms in total. The Morgan fingerprint density at radius 1 is 1.00 bits per heavy atom. The molecule has 0 spiro atoms. The molecule has 3 aromatic rings. The highest BCUT2D eigenvalue weighted by molar-refractivity contribution is 5.81. The van der Waals surface area contributed by atoms with Crippen LogP contribution in [0.2, 0.25) is 0 Å². The fourth-order valence-electron chi connectivity index (χ4n) is 1.95. The number of aromatic amines is 1. The van der Waals surface area contributed by atoms with Crippen molar-refractivity contribution in [3.8, 4) is 0 Å². The van der Waals surface area contributed by atoms with Gasteiger partial charge in [-0.3, -0.25) is 9.78 Å². The van der Waals surface area contributed by atoms with Crippen LogP contribution < -0.4 is 16.3 Å². The highest BCUT2D eigenvalue weighted by Gasteiger charge is 1.98. The molecular weight excluding hydrogens is 304 g/mol. The molecule has 0 bridgehead atoms. The van der Waals surface area contributed by atoms with Gasteiger partial charge in [0.15, 0.2) is 0 Å². The molecule has 2 aromatic carbocycles. The van der Waals surface area contributed by atoms with E-state index in [4.69, 9.17) is 0 Å². The Hall–Kier alpha value is -3.48. The lowest BCUT2D eigenvalue weighted by Gasteiger charge is -2.06. The molecule has 3 rings (SSSR count). The van der Waals surface area contributed by atoms with Gasteiger partial charge in [0.25, 0.3) is 5.56 Å². The smallest absolute Gasteiger partial charge is 0.274 e. The minimum Gasteiger partial charge on any atom is -0.356 e. The Balaban J connectivity index is 1.61. The molecule has 120 valence electrons. The molecule has 3 N–H and O–H groups in total. The fourth-order valence-corrected chi connectivity index (χ4v) is 1.95. The molecule has 24 heavy (non-hydrogen) atoms. The molecule has 0 fully saturated rings. The number of H-pyrrole nitrogens is 1. The Morgan fingerprint density at radius 3 is 2.42 bits per heavy atom. The average molecular weight is 320 g/mol. The Morgan fingerprint density at radius 2 is 1.71 bits per heavy atom. The Labute approximate surface area is 138 Å². The number of nitrogens with one attached hydrogen (secondary N) is 3. The van der Waals surface area contributed by atoms with E-state index in [9.17, 15) is 4.79 Å². The summed E-state index contributed by atoms with van der Waals surface area (Å²) in [6.07, 6.45) is 1.63. The number of aromatic nitrogens is 3. The normalized spacial score (nSPS) is 10.7. The van der Waals surface area contributed by atoms with Crippen LogP contribution in [0.1, 0.15) is 11.3 Å². The largest absolute Gasteiger partial charge is 0.356 e. The van der Waals surface area contributed by atoms with Crippen molar-refractivity contribution in [3.63, 3.8) is 0 Å². The second-order valence-corrected chi connectivity index (χ2v) is 5.07. The van der Waals surface area contributed by atoms with Crippen LogP contribution in [-0.2, 0) is 0 Å². The summed E-state index contributed by atoms with van der Waals surface area (Å²) in [7, 11) is 0. The standard InChI is InChI=1S/C17H16N6O/c1-12-16(24)20-17(23-21-12)22-18-11-13-7-9-15(10-8-13)19-14-5-3-2-4-6-14/h2-11,19H,1H3,(H2,20,22,23,24)/b18-11-. The molecule has 0 radical (unpaired) electrons. The zero-order chi connectivity index (χ0) is 16.8. The minimum atomic E-state index is -0.293. The zero-order valence-electron chi connectivity index (χ0n) is 13.0. The molecule has 0 aliphatic rings. The van der Waals surface area contributed by atoms with E-state index in [0.29, 0.717) is 5.69 Å². The first kappa shape index (κ1) is 15.4. The summed E-state index contributed by atoms with van der Waals surface area (Å²) < 4.78 is 0. The van der Waals surface area contributed by atoms with Gasteiger partial charge in [-0.05, 0) is 36.8 Å². The van der Waals surface area contributed by atoms with Gasteiger partial charge in [0.1, 0.15) is 5.69 Å². The molecule has 1 aromatic heterocycles. The van der Waals surface area contributed by atoms with E-state index < -0.39 is 0 Å². The van der Waals surface area contributed by atoms with E-state index in [1.165, 1.54) is 0 Å². The number of hydrogen-bond donors (Lipinski definition) is 3. The summed E-state index contributed by atoms with van der Waals surface area (Å²) >= 11 is 0. The third kappa shape index (κ3) is 4.04. The summed E-state index contributed by atoms with van der Waals surface area (Å²) in [5.74, 6) is 0.198. The van der Waals surface area contributed by atoms with Crippen molar-refractivity contribution in [2.45, 2.75) is 6.92 Å². The van der Waals surface area contributed by atoms with Crippen LogP contribution in [0.5, 0.6) is 0 Å². The van der Waals surface area contributed by atoms with E-state index in [2.05, 4.69) is 31.0 Å². The maximum atomic E-state index is 11.4. The van der Waals surface area contributed by atoms with Gasteiger partial charge in [-0.2, -0.15) is 5.10 Å². The number of hydrazone groups is 1. The quantitative estimate of drug-likeness (QED) is 0.496. The lowest BCUT2D eigenvalue weighted by molar-refractivity contribution is 0.897. The van der Waals surface area contributed by atoms with Gasteiger partial charge < -0.3 is 5.32 Å². The van der Waals surface area contributed by atoms with Crippen molar-refractivity contribution in [2.75, 3.05) is 10.7 Å². The first-order valence-electron chi connectivity index (χ1n) is 7.35. The van der Waals surface area contributed by atoms with E-state index >= 15 is 0 Å². The second-order valence-electron chi connectivity index (χ2n) is 5.07. The number of hydrogen-bond acceptors (Lipinski definition) is 6. The van der Waals surface area contributed by atoms with Crippen LogP contribution in [0.4, 0.5) is 17.3 Å². The number of benzene rings is 2. The average Bonchev–Trinajstić information content (AvgIpc) is 2.60. The van der Waals surface area contributed by atoms with Crippen LogP contribution in [0.25, 0.3) is 0 Å². The lowest BCUT2D eigenvalue weighted by Crippen LogP contribution is -2.15. The van der Waals surface area contributed by atoms with Crippen LogP contribution in [-0.4, -0.2) is 21.4 Å². The summed E-state index contributed by atoms with van der Waals surface area (Å²) in [6.45, 7) is 1.59. The van der Waals surface area contributed by atoms with E-state index in [-0.39, 0.29) is 11.5 Å². The molecule has 0 unspecified atom stereocenters. The van der Waals surface area contributed by atoms with E-state index in [1.54, 1.807) is 13.1 Å². The summed E-state index contributed by atoms with van der Waals surface area (Å²) in [4.78, 5) is 13.9. The first-order valence-corrected chi connectivity index (χ1v) is 7.35. The van der Waals surface area contributed by atoms with Crippen molar-refractivity contribution in [1.29, 1.82) is 0 Å². The molecule has 1 heterocycles.